The Kier molecular flexibility index (Phi) is 4.38. The van der Waals surface area contributed by atoms with Gasteiger partial charge in [-0.3, -0.25) is 4.68 Å². The summed E-state index contributed by atoms with van der Waals surface area (Å²) in [6, 6.07) is 3.69. The molecule has 114 valence electrons. The van der Waals surface area contributed by atoms with Crippen molar-refractivity contribution in [1.29, 1.82) is 0 Å². The molecule has 6 heteroatoms. The number of aryl methyl sites for hydroxylation is 1. The van der Waals surface area contributed by atoms with Crippen molar-refractivity contribution in [3.05, 3.63) is 41.6 Å². The van der Waals surface area contributed by atoms with Crippen LogP contribution in [0.5, 0.6) is 0 Å². The Morgan fingerprint density at radius 2 is 2.29 bits per heavy atom. The van der Waals surface area contributed by atoms with Gasteiger partial charge in [-0.1, -0.05) is 0 Å². The van der Waals surface area contributed by atoms with E-state index in [0.29, 0.717) is 18.2 Å². The molecule has 0 spiro atoms. The van der Waals surface area contributed by atoms with E-state index in [-0.39, 0.29) is 12.7 Å². The Bertz CT molecular complexity index is 578. The zero-order chi connectivity index (χ0) is 14.7. The fourth-order valence-electron chi connectivity index (χ4n) is 2.78. The Labute approximate surface area is 123 Å². The molecule has 2 unspecified atom stereocenters. The Morgan fingerprint density at radius 1 is 1.43 bits per heavy atom. The molecule has 0 aliphatic carbocycles. The number of furan rings is 1. The lowest BCUT2D eigenvalue weighted by atomic mass is 9.97. The summed E-state index contributed by atoms with van der Waals surface area (Å²) in [7, 11) is 1.92. The molecule has 2 atom stereocenters. The number of rotatable bonds is 6. The van der Waals surface area contributed by atoms with Crippen LogP contribution < -0.4 is 5.32 Å². The number of ether oxygens (including phenoxy) is 1. The average Bonchev–Trinajstić information content (AvgIpc) is 3.19. The average molecular weight is 291 g/mol. The second-order valence-corrected chi connectivity index (χ2v) is 5.44. The van der Waals surface area contributed by atoms with Crippen molar-refractivity contribution in [1.82, 2.24) is 15.1 Å². The van der Waals surface area contributed by atoms with E-state index in [4.69, 9.17) is 14.3 Å². The summed E-state index contributed by atoms with van der Waals surface area (Å²) in [5.41, 5.74) is 1.14. The number of nitrogens with one attached hydrogen (secondary N) is 1. The largest absolute Gasteiger partial charge is 0.462 e. The van der Waals surface area contributed by atoms with Crippen LogP contribution in [0.1, 0.15) is 29.6 Å². The summed E-state index contributed by atoms with van der Waals surface area (Å²) in [4.78, 5) is 0. The molecule has 0 aromatic carbocycles. The molecule has 1 fully saturated rings. The van der Waals surface area contributed by atoms with Gasteiger partial charge in [-0.2, -0.15) is 5.10 Å². The molecule has 2 aromatic rings. The third-order valence-corrected chi connectivity index (χ3v) is 3.85. The summed E-state index contributed by atoms with van der Waals surface area (Å²) in [6.45, 7) is 2.27. The maximum atomic E-state index is 8.97. The second-order valence-electron chi connectivity index (χ2n) is 5.44. The van der Waals surface area contributed by atoms with Gasteiger partial charge in [0.2, 0.25) is 0 Å². The van der Waals surface area contributed by atoms with Crippen LogP contribution in [0.3, 0.4) is 0 Å². The van der Waals surface area contributed by atoms with Crippen LogP contribution >= 0.6 is 0 Å². The topological polar surface area (TPSA) is 72.5 Å². The van der Waals surface area contributed by atoms with Crippen molar-refractivity contribution in [2.45, 2.75) is 25.7 Å². The predicted octanol–water partition coefficient (Wildman–Crippen LogP) is 1.37. The normalized spacial score (nSPS) is 22.0. The standard InChI is InChI=1S/C15H21N3O3/c1-18-9-12(7-17-18)15-11(4-5-20-15)6-16-8-13-2-3-14(10-19)21-13/h2-3,7,9,11,15-16,19H,4-6,8,10H2,1H3. The molecule has 2 N–H and O–H groups in total. The lowest BCUT2D eigenvalue weighted by molar-refractivity contribution is 0.0902. The molecule has 1 aliphatic rings. The van der Waals surface area contributed by atoms with Crippen LogP contribution in [0.4, 0.5) is 0 Å². The number of aromatic nitrogens is 2. The van der Waals surface area contributed by atoms with Gasteiger partial charge in [-0.05, 0) is 18.6 Å². The van der Waals surface area contributed by atoms with E-state index in [1.165, 1.54) is 0 Å². The number of aliphatic hydroxyl groups is 1. The molecule has 0 bridgehead atoms. The zero-order valence-electron chi connectivity index (χ0n) is 12.2. The lowest BCUT2D eigenvalue weighted by Gasteiger charge is -2.17. The molecule has 1 aliphatic heterocycles. The molecule has 0 amide bonds. The predicted molar refractivity (Wildman–Crippen MR) is 76.3 cm³/mol. The first-order valence-electron chi connectivity index (χ1n) is 7.25. The Hall–Kier alpha value is -1.63. The summed E-state index contributed by atoms with van der Waals surface area (Å²) < 4.78 is 13.1. The van der Waals surface area contributed by atoms with Gasteiger partial charge in [-0.25, -0.2) is 0 Å². The lowest BCUT2D eigenvalue weighted by Crippen LogP contribution is -2.24. The zero-order valence-corrected chi connectivity index (χ0v) is 12.2. The van der Waals surface area contributed by atoms with Crippen LogP contribution in [0.15, 0.2) is 28.9 Å². The second kappa shape index (κ2) is 6.43. The molecule has 21 heavy (non-hydrogen) atoms. The quantitative estimate of drug-likeness (QED) is 0.841. The number of aliphatic hydroxyl groups excluding tert-OH is 1. The van der Waals surface area contributed by atoms with Gasteiger partial charge in [0, 0.05) is 37.9 Å². The molecule has 3 heterocycles. The van der Waals surface area contributed by atoms with E-state index in [1.807, 2.05) is 25.5 Å². The minimum atomic E-state index is -0.0560. The molecule has 1 saturated heterocycles. The smallest absolute Gasteiger partial charge is 0.129 e. The van der Waals surface area contributed by atoms with E-state index in [1.54, 1.807) is 10.7 Å². The molecular formula is C15H21N3O3. The molecule has 2 aromatic heterocycles. The molecular weight excluding hydrogens is 270 g/mol. The van der Waals surface area contributed by atoms with Crippen LogP contribution in [-0.4, -0.2) is 28.0 Å². The van der Waals surface area contributed by atoms with Gasteiger partial charge in [0.05, 0.1) is 18.8 Å². The summed E-state index contributed by atoms with van der Waals surface area (Å²) in [6.07, 6.45) is 5.06. The Balaban J connectivity index is 1.52. The van der Waals surface area contributed by atoms with Crippen molar-refractivity contribution in [2.24, 2.45) is 13.0 Å². The minimum Gasteiger partial charge on any atom is -0.462 e. The highest BCUT2D eigenvalue weighted by molar-refractivity contribution is 5.11. The highest BCUT2D eigenvalue weighted by atomic mass is 16.5. The van der Waals surface area contributed by atoms with Gasteiger partial charge >= 0.3 is 0 Å². The van der Waals surface area contributed by atoms with Crippen molar-refractivity contribution in [3.8, 4) is 0 Å². The van der Waals surface area contributed by atoms with Crippen LogP contribution in [-0.2, 0) is 24.9 Å². The highest BCUT2D eigenvalue weighted by Crippen LogP contribution is 2.33. The first kappa shape index (κ1) is 14.3. The molecule has 6 nitrogen and oxygen atoms in total. The third kappa shape index (κ3) is 3.34. The van der Waals surface area contributed by atoms with E-state index >= 15 is 0 Å². The number of nitrogens with zero attached hydrogens (tertiary/aromatic N) is 2. The van der Waals surface area contributed by atoms with Crippen LogP contribution in [0, 0.1) is 5.92 Å². The third-order valence-electron chi connectivity index (χ3n) is 3.85. The number of hydrogen-bond acceptors (Lipinski definition) is 5. The molecule has 3 rings (SSSR count). The van der Waals surface area contributed by atoms with E-state index in [9.17, 15) is 0 Å². The van der Waals surface area contributed by atoms with Gasteiger partial charge < -0.3 is 19.6 Å². The SMILES string of the molecule is Cn1cc(C2OCCC2CNCc2ccc(CO)o2)cn1. The van der Waals surface area contributed by atoms with Crippen LogP contribution in [0.2, 0.25) is 0 Å². The summed E-state index contributed by atoms with van der Waals surface area (Å²) in [5.74, 6) is 1.89. The van der Waals surface area contributed by atoms with E-state index in [2.05, 4.69) is 10.4 Å². The van der Waals surface area contributed by atoms with Crippen molar-refractivity contribution >= 4 is 0 Å². The van der Waals surface area contributed by atoms with Crippen molar-refractivity contribution < 1.29 is 14.3 Å². The number of hydrogen-bond donors (Lipinski definition) is 2. The van der Waals surface area contributed by atoms with Crippen molar-refractivity contribution in [2.75, 3.05) is 13.2 Å². The van der Waals surface area contributed by atoms with Gasteiger partial charge in [-0.15, -0.1) is 0 Å². The Morgan fingerprint density at radius 3 is 3.00 bits per heavy atom. The highest BCUT2D eigenvalue weighted by Gasteiger charge is 2.30. The van der Waals surface area contributed by atoms with Crippen LogP contribution in [0.25, 0.3) is 0 Å². The van der Waals surface area contributed by atoms with Gasteiger partial charge in [0.25, 0.3) is 0 Å². The fraction of sp³-hybridized carbons (Fsp3) is 0.533. The maximum Gasteiger partial charge on any atom is 0.129 e. The maximum absolute atomic E-state index is 8.97. The van der Waals surface area contributed by atoms with Crippen molar-refractivity contribution in [3.63, 3.8) is 0 Å². The summed E-state index contributed by atoms with van der Waals surface area (Å²) >= 11 is 0. The first-order valence-corrected chi connectivity index (χ1v) is 7.25. The molecule has 0 radical (unpaired) electrons. The van der Waals surface area contributed by atoms with Gasteiger partial charge in [0.15, 0.2) is 0 Å². The first-order chi connectivity index (χ1) is 10.3. The minimum absolute atomic E-state index is 0.0560. The van der Waals surface area contributed by atoms with E-state index < -0.39 is 0 Å². The summed E-state index contributed by atoms with van der Waals surface area (Å²) in [5, 5.41) is 16.6. The monoisotopic (exact) mass is 291 g/mol. The van der Waals surface area contributed by atoms with E-state index in [0.717, 1.165) is 30.9 Å². The fourth-order valence-corrected chi connectivity index (χ4v) is 2.78. The molecule has 0 saturated carbocycles. The van der Waals surface area contributed by atoms with Gasteiger partial charge in [0.1, 0.15) is 18.1 Å².